The van der Waals surface area contributed by atoms with Gasteiger partial charge in [-0.2, -0.15) is 0 Å². The van der Waals surface area contributed by atoms with E-state index in [1.807, 2.05) is 13.8 Å². The maximum absolute atomic E-state index is 13.9. The number of esters is 3. The van der Waals surface area contributed by atoms with Crippen molar-refractivity contribution in [2.75, 3.05) is 19.6 Å². The number of carbonyl (C=O) groups is 3. The maximum atomic E-state index is 13.9. The van der Waals surface area contributed by atoms with Crippen LogP contribution in [0.1, 0.15) is 202 Å². The van der Waals surface area contributed by atoms with Gasteiger partial charge in [0.1, 0.15) is 16.8 Å². The number of unbranched alkanes of at least 4 members (excludes halogenated alkanes) is 8. The number of hydrogen-bond acceptors (Lipinski definition) is 7. The second kappa shape index (κ2) is 22.0. The summed E-state index contributed by atoms with van der Waals surface area (Å²) < 4.78 is 19.3. The van der Waals surface area contributed by atoms with Gasteiger partial charge in [0.05, 0.1) is 6.42 Å². The molecule has 0 aliphatic heterocycles. The summed E-state index contributed by atoms with van der Waals surface area (Å²) in [7, 11) is 0. The quantitative estimate of drug-likeness (QED) is 0.0397. The van der Waals surface area contributed by atoms with E-state index in [2.05, 4.69) is 50.0 Å². The molecular weight excluding hydrogens is 675 g/mol. The number of ether oxygens (including phenoxy) is 3. The topological polar surface area (TPSA) is 82.1 Å². The van der Waals surface area contributed by atoms with E-state index in [1.165, 1.54) is 57.8 Å². The molecule has 5 aliphatic carbocycles. The predicted octanol–water partition coefficient (Wildman–Crippen LogP) is 11.8. The number of fused-ring (bicyclic) bond motifs is 5. The SMILES string of the molecule is CCCCC/C=C\C/C=C\CCCCCCCC(=O)OC1(C)CC2CC(C)(OC(=O)CCCN(CC)CC)CC(OC(=O)CC34CCC(CC3)CC4)(C2)C1. The molecule has 5 aliphatic rings. The molecule has 0 N–H and O–H groups in total. The van der Waals surface area contributed by atoms with E-state index in [1.54, 1.807) is 0 Å². The molecule has 5 saturated carbocycles. The molecule has 7 nitrogen and oxygen atoms in total. The molecule has 0 spiro atoms. The van der Waals surface area contributed by atoms with Gasteiger partial charge in [-0.05, 0) is 153 Å². The summed E-state index contributed by atoms with van der Waals surface area (Å²) in [6.45, 7) is 13.4. The van der Waals surface area contributed by atoms with Crippen LogP contribution in [0.25, 0.3) is 0 Å². The Balaban J connectivity index is 1.27. The van der Waals surface area contributed by atoms with Gasteiger partial charge in [0.25, 0.3) is 0 Å². The van der Waals surface area contributed by atoms with Gasteiger partial charge in [-0.1, -0.05) is 77.2 Å². The zero-order valence-electron chi connectivity index (χ0n) is 35.4. The highest BCUT2D eigenvalue weighted by atomic mass is 16.6. The van der Waals surface area contributed by atoms with E-state index < -0.39 is 16.8 Å². The van der Waals surface area contributed by atoms with Crippen LogP contribution in [0, 0.1) is 17.3 Å². The molecule has 0 radical (unpaired) electrons. The first-order chi connectivity index (χ1) is 25.9. The lowest BCUT2D eigenvalue weighted by Crippen LogP contribution is -2.60. The van der Waals surface area contributed by atoms with E-state index in [0.717, 1.165) is 89.8 Å². The van der Waals surface area contributed by atoms with Crippen molar-refractivity contribution in [3.8, 4) is 0 Å². The van der Waals surface area contributed by atoms with Gasteiger partial charge < -0.3 is 19.1 Å². The van der Waals surface area contributed by atoms with Crippen LogP contribution >= 0.6 is 0 Å². The molecule has 0 amide bonds. The minimum absolute atomic E-state index is 0.0726. The Kier molecular flexibility index (Phi) is 18.1. The molecular formula is C47H79NO6. The second-order valence-electron chi connectivity index (χ2n) is 18.6. The monoisotopic (exact) mass is 754 g/mol. The van der Waals surface area contributed by atoms with Crippen LogP contribution in [0.2, 0.25) is 0 Å². The molecule has 7 heteroatoms. The summed E-state index contributed by atoms with van der Waals surface area (Å²) in [6.07, 6.45) is 33.9. The fourth-order valence-electron chi connectivity index (χ4n) is 10.9. The van der Waals surface area contributed by atoms with Crippen LogP contribution in [0.5, 0.6) is 0 Å². The molecule has 308 valence electrons. The standard InChI is InChI=1S/C47H79NO6/c1-6-9-10-11-12-13-14-15-16-17-18-19-20-21-22-24-41(49)52-44(4)33-40-34-45(5,53-42(50)25-23-32-48(7-2)8-3)38-47(35-40,37-44)54-43(51)36-46-29-26-39(27-30-46)28-31-46/h12-13,15-16,39-40H,6-11,14,17-38H2,1-5H3/b13-12-,16-15-. The Morgan fingerprint density at radius 3 is 1.72 bits per heavy atom. The second-order valence-corrected chi connectivity index (χ2v) is 18.6. The summed E-state index contributed by atoms with van der Waals surface area (Å²) in [5, 5.41) is 0. The van der Waals surface area contributed by atoms with Crippen molar-refractivity contribution < 1.29 is 28.6 Å². The largest absolute Gasteiger partial charge is 0.459 e. The molecule has 4 bridgehead atoms. The molecule has 0 saturated heterocycles. The number of rotatable bonds is 25. The van der Waals surface area contributed by atoms with Crippen LogP contribution in [0.15, 0.2) is 24.3 Å². The molecule has 4 unspecified atom stereocenters. The average Bonchev–Trinajstić information content (AvgIpc) is 3.11. The molecule has 4 atom stereocenters. The zero-order valence-corrected chi connectivity index (χ0v) is 35.4. The van der Waals surface area contributed by atoms with Crippen LogP contribution in [-0.2, 0) is 28.6 Å². The average molecular weight is 754 g/mol. The first kappa shape index (κ1) is 44.6. The Hall–Kier alpha value is -2.15. The zero-order chi connectivity index (χ0) is 38.9. The Morgan fingerprint density at radius 1 is 0.611 bits per heavy atom. The van der Waals surface area contributed by atoms with Gasteiger partial charge in [-0.3, -0.25) is 14.4 Å². The molecule has 54 heavy (non-hydrogen) atoms. The number of allylic oxidation sites excluding steroid dienone is 4. The number of nitrogens with zero attached hydrogens (tertiary/aromatic N) is 1. The number of hydrogen-bond donors (Lipinski definition) is 0. The molecule has 5 fully saturated rings. The highest BCUT2D eigenvalue weighted by Gasteiger charge is 2.59. The van der Waals surface area contributed by atoms with E-state index in [9.17, 15) is 14.4 Å². The highest BCUT2D eigenvalue weighted by Crippen LogP contribution is 2.56. The van der Waals surface area contributed by atoms with Gasteiger partial charge in [0, 0.05) is 25.7 Å². The van der Waals surface area contributed by atoms with Crippen LogP contribution in [0.4, 0.5) is 0 Å². The van der Waals surface area contributed by atoms with Crippen molar-refractivity contribution >= 4 is 17.9 Å². The summed E-state index contributed by atoms with van der Waals surface area (Å²) >= 11 is 0. The van der Waals surface area contributed by atoms with Gasteiger partial charge in [0.15, 0.2) is 0 Å². The van der Waals surface area contributed by atoms with Crippen LogP contribution in [-0.4, -0.2) is 59.2 Å². The van der Waals surface area contributed by atoms with Crippen molar-refractivity contribution in [1.82, 2.24) is 4.90 Å². The Morgan fingerprint density at radius 2 is 1.15 bits per heavy atom. The van der Waals surface area contributed by atoms with Crippen molar-refractivity contribution in [1.29, 1.82) is 0 Å². The fraction of sp³-hybridized carbons (Fsp3) is 0.851. The summed E-state index contributed by atoms with van der Waals surface area (Å²) in [5.41, 5.74) is -2.18. The first-order valence-electron chi connectivity index (χ1n) is 22.6. The van der Waals surface area contributed by atoms with E-state index in [0.29, 0.717) is 44.9 Å². The lowest BCUT2D eigenvalue weighted by Gasteiger charge is -2.56. The third-order valence-corrected chi connectivity index (χ3v) is 13.4. The molecule has 0 heterocycles. The summed E-state index contributed by atoms with van der Waals surface area (Å²) in [4.78, 5) is 42.7. The minimum Gasteiger partial charge on any atom is -0.459 e. The fourth-order valence-corrected chi connectivity index (χ4v) is 10.9. The Labute approximate surface area is 330 Å². The van der Waals surface area contributed by atoms with Crippen molar-refractivity contribution in [3.63, 3.8) is 0 Å². The lowest BCUT2D eigenvalue weighted by molar-refractivity contribution is -0.223. The van der Waals surface area contributed by atoms with Gasteiger partial charge >= 0.3 is 17.9 Å². The van der Waals surface area contributed by atoms with Gasteiger partial charge in [-0.15, -0.1) is 0 Å². The normalized spacial score (nSPS) is 30.6. The summed E-state index contributed by atoms with van der Waals surface area (Å²) in [6, 6.07) is 0. The van der Waals surface area contributed by atoms with Gasteiger partial charge in [-0.25, -0.2) is 0 Å². The maximum Gasteiger partial charge on any atom is 0.306 e. The minimum atomic E-state index is -0.814. The van der Waals surface area contributed by atoms with Crippen LogP contribution < -0.4 is 0 Å². The molecule has 0 aromatic rings. The van der Waals surface area contributed by atoms with E-state index in [4.69, 9.17) is 14.2 Å². The summed E-state index contributed by atoms with van der Waals surface area (Å²) in [5.74, 6) is 0.525. The van der Waals surface area contributed by atoms with Crippen molar-refractivity contribution in [2.45, 2.75) is 218 Å². The number of carbonyl (C=O) groups excluding carboxylic acids is 3. The lowest BCUT2D eigenvalue weighted by atomic mass is 9.59. The smallest absolute Gasteiger partial charge is 0.306 e. The Bertz CT molecular complexity index is 1200. The van der Waals surface area contributed by atoms with Crippen molar-refractivity contribution in [3.05, 3.63) is 24.3 Å². The molecule has 5 rings (SSSR count). The third kappa shape index (κ3) is 14.7. The van der Waals surface area contributed by atoms with Gasteiger partial charge in [0.2, 0.25) is 0 Å². The van der Waals surface area contributed by atoms with E-state index >= 15 is 0 Å². The molecule has 0 aromatic heterocycles. The molecule has 0 aromatic carbocycles. The van der Waals surface area contributed by atoms with Crippen LogP contribution in [0.3, 0.4) is 0 Å². The van der Waals surface area contributed by atoms with Crippen molar-refractivity contribution in [2.24, 2.45) is 17.3 Å². The first-order valence-corrected chi connectivity index (χ1v) is 22.6. The third-order valence-electron chi connectivity index (χ3n) is 13.4. The predicted molar refractivity (Wildman–Crippen MR) is 219 cm³/mol. The van der Waals surface area contributed by atoms with E-state index in [-0.39, 0.29) is 29.2 Å². The highest BCUT2D eigenvalue weighted by molar-refractivity contribution is 5.72.